The van der Waals surface area contributed by atoms with E-state index >= 15 is 0 Å². The number of benzene rings is 1. The largest absolute Gasteiger partial charge is 0.710 e. The lowest BCUT2D eigenvalue weighted by Gasteiger charge is -2.37. The van der Waals surface area contributed by atoms with Crippen LogP contribution in [0.1, 0.15) is 38.8 Å². The third-order valence-electron chi connectivity index (χ3n) is 3.84. The van der Waals surface area contributed by atoms with Gasteiger partial charge in [-0.2, -0.15) is 0 Å². The van der Waals surface area contributed by atoms with Crippen molar-refractivity contribution in [3.05, 3.63) is 21.2 Å². The molecular weight excluding hydrogens is 330 g/mol. The Morgan fingerprint density at radius 3 is 1.77 bits per heavy atom. The van der Waals surface area contributed by atoms with Gasteiger partial charge in [-0.15, -0.1) is 0 Å². The minimum absolute atomic E-state index is 0.0412. The molecular formula is C14H21BCl2O5. The highest BCUT2D eigenvalue weighted by Gasteiger charge is 2.41. The molecule has 22 heavy (non-hydrogen) atoms. The number of rotatable bonds is 5. The Kier molecular flexibility index (Phi) is 5.69. The van der Waals surface area contributed by atoms with Crippen molar-refractivity contribution in [1.82, 2.24) is 0 Å². The lowest BCUT2D eigenvalue weighted by Crippen LogP contribution is -2.51. The zero-order valence-corrected chi connectivity index (χ0v) is 15.0. The van der Waals surface area contributed by atoms with Gasteiger partial charge in [0, 0.05) is 11.1 Å². The maximum Gasteiger partial charge on any atom is 0.710 e. The van der Waals surface area contributed by atoms with Crippen LogP contribution in [0.25, 0.3) is 0 Å². The predicted molar refractivity (Wildman–Crippen MR) is 87.7 cm³/mol. The summed E-state index contributed by atoms with van der Waals surface area (Å²) in [6.45, 7) is 9.60. The van der Waals surface area contributed by atoms with Crippen molar-refractivity contribution in [1.29, 1.82) is 0 Å². The van der Waals surface area contributed by atoms with E-state index in [2.05, 4.69) is 0 Å². The molecule has 0 radical (unpaired) electrons. The molecule has 0 heterocycles. The standard InChI is InChI=1S/C14H21BCl2O5/c1-7-9(16)11(18)10(17)8(2)12(7)21-15(20)22-14(5,6)13(3,4)19/h18-20H,1-6H3. The summed E-state index contributed by atoms with van der Waals surface area (Å²) >= 11 is 11.9. The fraction of sp³-hybridized carbons (Fsp3) is 0.571. The van der Waals surface area contributed by atoms with E-state index in [9.17, 15) is 15.2 Å². The van der Waals surface area contributed by atoms with Crippen molar-refractivity contribution in [3.63, 3.8) is 0 Å². The molecule has 0 aliphatic rings. The highest BCUT2D eigenvalue weighted by molar-refractivity contribution is 6.39. The maximum absolute atomic E-state index is 10.0. The van der Waals surface area contributed by atoms with Gasteiger partial charge in [-0.1, -0.05) is 23.2 Å². The smallest absolute Gasteiger partial charge is 0.511 e. The Morgan fingerprint density at radius 1 is 1.00 bits per heavy atom. The van der Waals surface area contributed by atoms with Crippen LogP contribution in [0.3, 0.4) is 0 Å². The fourth-order valence-electron chi connectivity index (χ4n) is 1.63. The Hall–Kier alpha value is -0.655. The molecule has 0 saturated carbocycles. The summed E-state index contributed by atoms with van der Waals surface area (Å²) in [6.07, 6.45) is 0. The summed E-state index contributed by atoms with van der Waals surface area (Å²) in [6, 6.07) is 0. The highest BCUT2D eigenvalue weighted by atomic mass is 35.5. The molecule has 0 saturated heterocycles. The quantitative estimate of drug-likeness (QED) is 0.710. The third kappa shape index (κ3) is 3.81. The second-order valence-corrected chi connectivity index (χ2v) is 6.92. The molecule has 5 nitrogen and oxygen atoms in total. The Morgan fingerprint density at radius 2 is 1.41 bits per heavy atom. The zero-order valence-electron chi connectivity index (χ0n) is 13.5. The number of phenolic OH excluding ortho intramolecular Hbond substituents is 1. The summed E-state index contributed by atoms with van der Waals surface area (Å²) in [4.78, 5) is 0. The number of hydrogen-bond acceptors (Lipinski definition) is 5. The fourth-order valence-corrected chi connectivity index (χ4v) is 2.04. The van der Waals surface area contributed by atoms with E-state index in [0.717, 1.165) is 0 Å². The lowest BCUT2D eigenvalue weighted by atomic mass is 9.88. The number of aliphatic hydroxyl groups is 1. The summed E-state index contributed by atoms with van der Waals surface area (Å²) in [7, 11) is -1.64. The van der Waals surface area contributed by atoms with Gasteiger partial charge < -0.3 is 24.5 Å². The number of hydrogen-bond donors (Lipinski definition) is 3. The van der Waals surface area contributed by atoms with E-state index in [-0.39, 0.29) is 21.5 Å². The maximum atomic E-state index is 10.0. The molecule has 1 aromatic rings. The molecule has 0 amide bonds. The molecule has 0 bridgehead atoms. The predicted octanol–water partition coefficient (Wildman–Crippen LogP) is 3.24. The van der Waals surface area contributed by atoms with Crippen LogP contribution in [0.15, 0.2) is 0 Å². The van der Waals surface area contributed by atoms with Gasteiger partial charge in [0.25, 0.3) is 0 Å². The molecule has 124 valence electrons. The van der Waals surface area contributed by atoms with E-state index < -0.39 is 18.5 Å². The zero-order chi connectivity index (χ0) is 17.5. The first-order valence-corrected chi connectivity index (χ1v) is 7.47. The van der Waals surface area contributed by atoms with Crippen molar-refractivity contribution in [2.75, 3.05) is 0 Å². The van der Waals surface area contributed by atoms with Crippen LogP contribution in [-0.4, -0.2) is 33.8 Å². The van der Waals surface area contributed by atoms with Gasteiger partial charge in [0.15, 0.2) is 5.75 Å². The molecule has 8 heteroatoms. The minimum Gasteiger partial charge on any atom is -0.511 e. The molecule has 0 aromatic heterocycles. The SMILES string of the molecule is Cc1c(Cl)c(O)c(Cl)c(C)c1OB(O)OC(C)(C)C(C)(C)O. The highest BCUT2D eigenvalue weighted by Crippen LogP contribution is 2.43. The van der Waals surface area contributed by atoms with Gasteiger partial charge >= 0.3 is 7.32 Å². The average molecular weight is 351 g/mol. The van der Waals surface area contributed by atoms with E-state index in [1.54, 1.807) is 41.5 Å². The molecule has 0 aliphatic heterocycles. The van der Waals surface area contributed by atoms with Crippen LogP contribution in [0.5, 0.6) is 11.5 Å². The van der Waals surface area contributed by atoms with Crippen LogP contribution in [0.4, 0.5) is 0 Å². The third-order valence-corrected chi connectivity index (χ3v) is 4.77. The van der Waals surface area contributed by atoms with Gasteiger partial charge in [-0.05, 0) is 41.5 Å². The molecule has 0 unspecified atom stereocenters. The van der Waals surface area contributed by atoms with E-state index in [1.807, 2.05) is 0 Å². The summed E-state index contributed by atoms with van der Waals surface area (Å²) in [5, 5.41) is 29.9. The summed E-state index contributed by atoms with van der Waals surface area (Å²) in [5.41, 5.74) is -1.43. The van der Waals surface area contributed by atoms with E-state index in [1.165, 1.54) is 0 Å². The van der Waals surface area contributed by atoms with Crippen LogP contribution in [0, 0.1) is 13.8 Å². The number of aromatic hydroxyl groups is 1. The molecule has 1 aromatic carbocycles. The number of phenols is 1. The van der Waals surface area contributed by atoms with Gasteiger partial charge in [-0.25, -0.2) is 0 Å². The molecule has 1 rings (SSSR count). The van der Waals surface area contributed by atoms with Gasteiger partial charge in [0.05, 0.1) is 21.2 Å². The molecule has 0 atom stereocenters. The number of halogens is 2. The molecule has 0 fully saturated rings. The second kappa shape index (κ2) is 6.45. The van der Waals surface area contributed by atoms with E-state index in [0.29, 0.717) is 11.1 Å². The van der Waals surface area contributed by atoms with Crippen LogP contribution in [-0.2, 0) is 4.65 Å². The first kappa shape index (κ1) is 19.4. The first-order chi connectivity index (χ1) is 9.79. The van der Waals surface area contributed by atoms with E-state index in [4.69, 9.17) is 32.5 Å². The van der Waals surface area contributed by atoms with Crippen molar-refractivity contribution in [2.45, 2.75) is 52.7 Å². The van der Waals surface area contributed by atoms with Crippen molar-refractivity contribution >= 4 is 30.5 Å². The van der Waals surface area contributed by atoms with Crippen molar-refractivity contribution in [2.24, 2.45) is 0 Å². The minimum atomic E-state index is -1.64. The van der Waals surface area contributed by atoms with Crippen molar-refractivity contribution < 1.29 is 24.5 Å². The Balaban J connectivity index is 3.07. The average Bonchev–Trinajstić information content (AvgIpc) is 2.37. The van der Waals surface area contributed by atoms with Gasteiger partial charge in [-0.3, -0.25) is 0 Å². The molecule has 0 aliphatic carbocycles. The first-order valence-electron chi connectivity index (χ1n) is 6.71. The molecule has 3 N–H and O–H groups in total. The Bertz CT molecular complexity index is 540. The summed E-state index contributed by atoms with van der Waals surface area (Å²) in [5.74, 6) is -0.0234. The second-order valence-electron chi connectivity index (χ2n) is 6.17. The van der Waals surface area contributed by atoms with Crippen molar-refractivity contribution in [3.8, 4) is 11.5 Å². The Labute approximate surface area is 140 Å². The topological polar surface area (TPSA) is 79.2 Å². The van der Waals surface area contributed by atoms with Crippen LogP contribution < -0.4 is 4.65 Å². The lowest BCUT2D eigenvalue weighted by molar-refractivity contribution is -0.108. The van der Waals surface area contributed by atoms with Crippen LogP contribution >= 0.6 is 23.2 Å². The normalized spacial score (nSPS) is 12.5. The van der Waals surface area contributed by atoms with Gasteiger partial charge in [0.2, 0.25) is 0 Å². The van der Waals surface area contributed by atoms with Crippen LogP contribution in [0.2, 0.25) is 10.0 Å². The monoisotopic (exact) mass is 350 g/mol. The summed E-state index contributed by atoms with van der Waals surface area (Å²) < 4.78 is 10.7. The van der Waals surface area contributed by atoms with Gasteiger partial charge in [0.1, 0.15) is 5.75 Å². The molecule has 0 spiro atoms.